The Morgan fingerprint density at radius 3 is 2.55 bits per heavy atom. The van der Waals surface area contributed by atoms with Gasteiger partial charge in [-0.1, -0.05) is 45.0 Å². The number of carbonyl (C=O) groups is 1. The fourth-order valence-electron chi connectivity index (χ4n) is 4.31. The van der Waals surface area contributed by atoms with E-state index in [-0.39, 0.29) is 11.3 Å². The molecule has 5 heteroatoms. The van der Waals surface area contributed by atoms with Gasteiger partial charge in [-0.05, 0) is 61.4 Å². The molecule has 2 aromatic carbocycles. The van der Waals surface area contributed by atoms with Crippen LogP contribution in [0.1, 0.15) is 58.3 Å². The molecule has 1 aliphatic rings. The summed E-state index contributed by atoms with van der Waals surface area (Å²) in [7, 11) is 0. The number of benzene rings is 2. The molecule has 0 spiro atoms. The molecule has 1 amide bonds. The third kappa shape index (κ3) is 4.76. The summed E-state index contributed by atoms with van der Waals surface area (Å²) in [6.07, 6.45) is 3.37. The Balaban J connectivity index is 1.54. The maximum atomic E-state index is 13.1. The molecular weight excluding hydrogens is 386 g/mol. The molecule has 3 aromatic rings. The Bertz CT molecular complexity index is 1050. The van der Waals surface area contributed by atoms with Crippen molar-refractivity contribution in [1.82, 2.24) is 14.5 Å². The molecule has 2 heterocycles. The van der Waals surface area contributed by atoms with Crippen molar-refractivity contribution >= 4 is 16.9 Å². The van der Waals surface area contributed by atoms with Crippen molar-refractivity contribution in [3.8, 4) is 5.75 Å². The molecule has 1 unspecified atom stereocenters. The van der Waals surface area contributed by atoms with Gasteiger partial charge in [-0.2, -0.15) is 0 Å². The first kappa shape index (κ1) is 21.4. The highest BCUT2D eigenvalue weighted by molar-refractivity contribution is 5.81. The van der Waals surface area contributed by atoms with Gasteiger partial charge in [0.05, 0.1) is 11.0 Å². The van der Waals surface area contributed by atoms with Crippen molar-refractivity contribution in [2.45, 2.75) is 71.6 Å². The van der Waals surface area contributed by atoms with Gasteiger partial charge in [0.1, 0.15) is 24.7 Å². The lowest BCUT2D eigenvalue weighted by molar-refractivity contribution is -0.135. The van der Waals surface area contributed by atoms with Crippen molar-refractivity contribution in [2.24, 2.45) is 0 Å². The predicted molar refractivity (Wildman–Crippen MR) is 124 cm³/mol. The molecule has 1 saturated heterocycles. The third-order valence-electron chi connectivity index (χ3n) is 6.24. The van der Waals surface area contributed by atoms with E-state index in [2.05, 4.69) is 39.8 Å². The van der Waals surface area contributed by atoms with E-state index < -0.39 is 0 Å². The summed E-state index contributed by atoms with van der Waals surface area (Å²) in [5, 5.41) is 0. The molecule has 31 heavy (non-hydrogen) atoms. The largest absolute Gasteiger partial charge is 0.486 e. The van der Waals surface area contributed by atoms with E-state index in [1.807, 2.05) is 45.9 Å². The standard InChI is InChI=1S/C26H33N3O2/c1-19-9-7-8-16-28(19)25(30)17-29-23-11-6-5-10-22(23)27-24(29)18-31-21-14-12-20(13-15-21)26(2,3)4/h5-6,10-15,19H,7-9,16-18H2,1-4H3. The molecular formula is C26H33N3O2. The molecule has 1 aliphatic heterocycles. The molecule has 1 aromatic heterocycles. The molecule has 1 atom stereocenters. The highest BCUT2D eigenvalue weighted by Gasteiger charge is 2.24. The van der Waals surface area contributed by atoms with Gasteiger partial charge in [-0.3, -0.25) is 4.79 Å². The van der Waals surface area contributed by atoms with E-state index >= 15 is 0 Å². The first-order valence-electron chi connectivity index (χ1n) is 11.3. The Kier molecular flexibility index (Phi) is 6.03. The zero-order valence-corrected chi connectivity index (χ0v) is 19.1. The number of ether oxygens (including phenoxy) is 1. The fraction of sp³-hybridized carbons (Fsp3) is 0.462. The number of imidazole rings is 1. The topological polar surface area (TPSA) is 47.4 Å². The number of hydrogen-bond donors (Lipinski definition) is 0. The second-order valence-electron chi connectivity index (χ2n) is 9.60. The van der Waals surface area contributed by atoms with Crippen LogP contribution in [-0.4, -0.2) is 32.9 Å². The smallest absolute Gasteiger partial charge is 0.242 e. The number of carbonyl (C=O) groups excluding carboxylic acids is 1. The lowest BCUT2D eigenvalue weighted by atomic mass is 9.87. The number of fused-ring (bicyclic) bond motifs is 1. The van der Waals surface area contributed by atoms with Crippen LogP contribution in [-0.2, 0) is 23.4 Å². The second-order valence-corrected chi connectivity index (χ2v) is 9.60. The van der Waals surface area contributed by atoms with Gasteiger partial charge in [-0.15, -0.1) is 0 Å². The fourth-order valence-corrected chi connectivity index (χ4v) is 4.31. The number of piperidine rings is 1. The van der Waals surface area contributed by atoms with Gasteiger partial charge in [0.25, 0.3) is 0 Å². The lowest BCUT2D eigenvalue weighted by Gasteiger charge is -2.33. The van der Waals surface area contributed by atoms with E-state index in [0.29, 0.717) is 19.2 Å². The van der Waals surface area contributed by atoms with E-state index in [1.54, 1.807) is 0 Å². The zero-order chi connectivity index (χ0) is 22.0. The summed E-state index contributed by atoms with van der Waals surface area (Å²) in [4.78, 5) is 19.9. The first-order chi connectivity index (χ1) is 14.8. The first-order valence-corrected chi connectivity index (χ1v) is 11.3. The van der Waals surface area contributed by atoms with Gasteiger partial charge in [0.15, 0.2) is 0 Å². The normalized spacial score (nSPS) is 17.2. The molecule has 0 N–H and O–H groups in total. The number of para-hydroxylation sites is 2. The summed E-state index contributed by atoms with van der Waals surface area (Å²) in [5.41, 5.74) is 3.25. The van der Waals surface area contributed by atoms with Gasteiger partial charge < -0.3 is 14.2 Å². The van der Waals surface area contributed by atoms with E-state index in [1.165, 1.54) is 12.0 Å². The Morgan fingerprint density at radius 1 is 1.10 bits per heavy atom. The Morgan fingerprint density at radius 2 is 1.84 bits per heavy atom. The number of hydrogen-bond acceptors (Lipinski definition) is 3. The minimum Gasteiger partial charge on any atom is -0.486 e. The van der Waals surface area contributed by atoms with Crippen molar-refractivity contribution in [2.75, 3.05) is 6.54 Å². The third-order valence-corrected chi connectivity index (χ3v) is 6.24. The van der Waals surface area contributed by atoms with Gasteiger partial charge in [0.2, 0.25) is 5.91 Å². The van der Waals surface area contributed by atoms with Gasteiger partial charge in [-0.25, -0.2) is 4.98 Å². The maximum absolute atomic E-state index is 13.1. The lowest BCUT2D eigenvalue weighted by Crippen LogP contribution is -2.43. The molecule has 1 fully saturated rings. The second kappa shape index (κ2) is 8.74. The monoisotopic (exact) mass is 419 g/mol. The van der Waals surface area contributed by atoms with Crippen molar-refractivity contribution in [3.63, 3.8) is 0 Å². The highest BCUT2D eigenvalue weighted by atomic mass is 16.5. The molecule has 0 aliphatic carbocycles. The number of amides is 1. The Labute approximate surface area is 185 Å². The van der Waals surface area contributed by atoms with Crippen LogP contribution in [0.15, 0.2) is 48.5 Å². The van der Waals surface area contributed by atoms with E-state index in [0.717, 1.165) is 42.0 Å². The molecule has 0 bridgehead atoms. The molecule has 0 radical (unpaired) electrons. The number of rotatable bonds is 5. The minimum atomic E-state index is 0.110. The Hall–Kier alpha value is -2.82. The maximum Gasteiger partial charge on any atom is 0.242 e. The van der Waals surface area contributed by atoms with Crippen molar-refractivity contribution < 1.29 is 9.53 Å². The van der Waals surface area contributed by atoms with Crippen LogP contribution in [0.25, 0.3) is 11.0 Å². The molecule has 4 rings (SSSR count). The number of aromatic nitrogens is 2. The van der Waals surface area contributed by atoms with Crippen LogP contribution >= 0.6 is 0 Å². The minimum absolute atomic E-state index is 0.110. The predicted octanol–water partition coefficient (Wildman–Crippen LogP) is 5.31. The summed E-state index contributed by atoms with van der Waals surface area (Å²) < 4.78 is 8.09. The van der Waals surface area contributed by atoms with Crippen LogP contribution in [0.2, 0.25) is 0 Å². The number of likely N-dealkylation sites (tertiary alicyclic amines) is 1. The molecule has 164 valence electrons. The van der Waals surface area contributed by atoms with E-state index in [9.17, 15) is 4.79 Å². The van der Waals surface area contributed by atoms with Crippen molar-refractivity contribution in [3.05, 3.63) is 59.9 Å². The summed E-state index contributed by atoms with van der Waals surface area (Å²) in [5.74, 6) is 1.74. The number of nitrogens with zero attached hydrogens (tertiary/aromatic N) is 3. The summed E-state index contributed by atoms with van der Waals surface area (Å²) in [6, 6.07) is 16.5. The van der Waals surface area contributed by atoms with Crippen molar-refractivity contribution in [1.29, 1.82) is 0 Å². The van der Waals surface area contributed by atoms with Gasteiger partial charge >= 0.3 is 0 Å². The highest BCUT2D eigenvalue weighted by Crippen LogP contribution is 2.25. The van der Waals surface area contributed by atoms with Crippen LogP contribution in [0.4, 0.5) is 0 Å². The average Bonchev–Trinajstić information content (AvgIpc) is 3.09. The van der Waals surface area contributed by atoms with Crippen LogP contribution in [0.5, 0.6) is 5.75 Å². The van der Waals surface area contributed by atoms with E-state index in [4.69, 9.17) is 9.72 Å². The van der Waals surface area contributed by atoms with Gasteiger partial charge in [0, 0.05) is 12.6 Å². The van der Waals surface area contributed by atoms with Crippen LogP contribution in [0.3, 0.4) is 0 Å². The SMILES string of the molecule is CC1CCCCN1C(=O)Cn1c(COc2ccc(C(C)(C)C)cc2)nc2ccccc21. The van der Waals surface area contributed by atoms with Crippen LogP contribution in [0, 0.1) is 0 Å². The molecule has 5 nitrogen and oxygen atoms in total. The summed E-state index contributed by atoms with van der Waals surface area (Å²) >= 11 is 0. The van der Waals surface area contributed by atoms with Crippen LogP contribution < -0.4 is 4.74 Å². The quantitative estimate of drug-likeness (QED) is 0.563. The summed E-state index contributed by atoms with van der Waals surface area (Å²) in [6.45, 7) is 10.2. The zero-order valence-electron chi connectivity index (χ0n) is 19.1. The average molecular weight is 420 g/mol. The molecule has 0 saturated carbocycles.